The highest BCUT2D eigenvalue weighted by Gasteiger charge is 2.26. The molecule has 13 rings (SSSR count). The van der Waals surface area contributed by atoms with Crippen LogP contribution in [0.4, 0.5) is 17.1 Å². The molecular weight excluding hydrogens is 831 g/mol. The van der Waals surface area contributed by atoms with Crippen molar-refractivity contribution in [2.45, 2.75) is 0 Å². The van der Waals surface area contributed by atoms with Crippen molar-refractivity contribution in [1.82, 2.24) is 0 Å². The van der Waals surface area contributed by atoms with Gasteiger partial charge in [0.1, 0.15) is 0 Å². The number of nitrogens with zero attached hydrogens (tertiary/aromatic N) is 1. The maximum atomic E-state index is 2.59. The summed E-state index contributed by atoms with van der Waals surface area (Å²) in [7, 11) is 0. The molecule has 0 radical (unpaired) electrons. The molecule has 0 saturated carbocycles. The molecule has 0 fully saturated rings. The third kappa shape index (κ3) is 6.17. The van der Waals surface area contributed by atoms with Crippen LogP contribution in [0.1, 0.15) is 0 Å². The zero-order valence-corrected chi connectivity index (χ0v) is 37.0. The number of anilines is 3. The summed E-state index contributed by atoms with van der Waals surface area (Å²) in [5.74, 6) is 0. The number of thiophene rings is 3. The van der Waals surface area contributed by atoms with Gasteiger partial charge in [0, 0.05) is 66.2 Å². The predicted molar refractivity (Wildman–Crippen MR) is 282 cm³/mol. The molecule has 0 unspecified atom stereocenters. The average molecular weight is 868 g/mol. The van der Waals surface area contributed by atoms with Gasteiger partial charge in [0.15, 0.2) is 0 Å². The third-order valence-corrected chi connectivity index (χ3v) is 16.1. The number of benzene rings is 10. The van der Waals surface area contributed by atoms with Crippen LogP contribution in [-0.2, 0) is 0 Å². The van der Waals surface area contributed by atoms with Crippen LogP contribution in [0.5, 0.6) is 0 Å². The van der Waals surface area contributed by atoms with Crippen LogP contribution < -0.4 is 4.90 Å². The topological polar surface area (TPSA) is 3.24 Å². The largest absolute Gasteiger partial charge is 0.309 e. The second-order valence-corrected chi connectivity index (χ2v) is 19.6. The van der Waals surface area contributed by atoms with E-state index in [9.17, 15) is 0 Å². The lowest BCUT2D eigenvalue weighted by Gasteiger charge is -2.29. The fourth-order valence-corrected chi connectivity index (χ4v) is 13.2. The smallest absolute Gasteiger partial charge is 0.0561 e. The molecule has 3 heterocycles. The first-order chi connectivity index (χ1) is 31.7. The summed E-state index contributed by atoms with van der Waals surface area (Å²) in [6.45, 7) is 0. The minimum absolute atomic E-state index is 1.14. The second kappa shape index (κ2) is 15.2. The molecule has 4 heteroatoms. The fraction of sp³-hybridized carbons (Fsp3) is 0. The molecule has 300 valence electrons. The molecule has 0 aliphatic rings. The standard InChI is InChI=1S/C60H37NS3/c1-5-15-38(16-6-1)42-25-28-48-55(34-42)63-57-36-44(40-19-9-3-10-20-40)33-52(58(48)57)61(45-27-32-54-50(37-45)47-23-13-14-24-53(47)62-54)51-31-30-46(41-21-11-4-12-22-41)60-59(51)49-29-26-43(35-56(49)64-60)39-17-7-2-8-18-39/h1-37H. The van der Waals surface area contributed by atoms with E-state index in [2.05, 4.69) is 229 Å². The predicted octanol–water partition coefficient (Wildman–Crippen LogP) is 18.9. The Hall–Kier alpha value is -7.34. The molecule has 0 aliphatic heterocycles. The molecule has 0 aliphatic carbocycles. The lowest BCUT2D eigenvalue weighted by Crippen LogP contribution is -2.11. The first-order valence-electron chi connectivity index (χ1n) is 21.6. The highest BCUT2D eigenvalue weighted by atomic mass is 32.1. The van der Waals surface area contributed by atoms with Gasteiger partial charge in [-0.05, 0) is 99.1 Å². The summed E-state index contributed by atoms with van der Waals surface area (Å²) in [4.78, 5) is 2.59. The Balaban J connectivity index is 1.15. The van der Waals surface area contributed by atoms with E-state index in [1.165, 1.54) is 116 Å². The van der Waals surface area contributed by atoms with Gasteiger partial charge in [0.25, 0.3) is 0 Å². The van der Waals surface area contributed by atoms with E-state index in [1.807, 2.05) is 34.0 Å². The van der Waals surface area contributed by atoms with Gasteiger partial charge in [-0.3, -0.25) is 0 Å². The zero-order chi connectivity index (χ0) is 42.1. The van der Waals surface area contributed by atoms with E-state index in [4.69, 9.17) is 0 Å². The molecule has 0 N–H and O–H groups in total. The van der Waals surface area contributed by atoms with Crippen LogP contribution in [0, 0.1) is 0 Å². The first-order valence-corrected chi connectivity index (χ1v) is 24.1. The SMILES string of the molecule is c1ccc(-c2ccc3c(c2)sc2cc(-c4ccccc4)cc(N(c4ccc5sc6ccccc6c5c4)c4ccc(-c5ccccc5)c5sc6cc(-c7ccccc7)ccc6c45)c23)cc1. The third-order valence-electron chi connectivity index (χ3n) is 12.7. The summed E-state index contributed by atoms with van der Waals surface area (Å²) < 4.78 is 7.71. The molecule has 0 saturated heterocycles. The van der Waals surface area contributed by atoms with Crippen molar-refractivity contribution in [2.75, 3.05) is 4.90 Å². The molecule has 3 aromatic heterocycles. The van der Waals surface area contributed by atoms with Crippen molar-refractivity contribution >= 4 is 112 Å². The van der Waals surface area contributed by atoms with E-state index in [0.29, 0.717) is 0 Å². The van der Waals surface area contributed by atoms with Gasteiger partial charge in [0.05, 0.1) is 11.4 Å². The van der Waals surface area contributed by atoms with Crippen molar-refractivity contribution in [3.63, 3.8) is 0 Å². The number of rotatable bonds is 7. The fourth-order valence-electron chi connectivity index (χ4n) is 9.63. The van der Waals surface area contributed by atoms with Crippen LogP contribution in [0.3, 0.4) is 0 Å². The number of hydrogen-bond acceptors (Lipinski definition) is 4. The number of hydrogen-bond donors (Lipinski definition) is 0. The minimum Gasteiger partial charge on any atom is -0.309 e. The summed E-state index contributed by atoms with van der Waals surface area (Å²) in [5, 5.41) is 7.63. The van der Waals surface area contributed by atoms with Gasteiger partial charge in [-0.1, -0.05) is 170 Å². The van der Waals surface area contributed by atoms with Crippen molar-refractivity contribution in [3.05, 3.63) is 224 Å². The Kier molecular flexibility index (Phi) is 8.83. The van der Waals surface area contributed by atoms with E-state index in [-0.39, 0.29) is 0 Å². The summed E-state index contributed by atoms with van der Waals surface area (Å²) in [6, 6.07) is 83.0. The van der Waals surface area contributed by atoms with Gasteiger partial charge < -0.3 is 4.90 Å². The molecule has 0 bridgehead atoms. The van der Waals surface area contributed by atoms with E-state index in [1.54, 1.807) is 0 Å². The summed E-state index contributed by atoms with van der Waals surface area (Å²) >= 11 is 5.66. The Morgan fingerprint density at radius 3 is 1.47 bits per heavy atom. The number of fused-ring (bicyclic) bond motifs is 9. The molecular formula is C60H37NS3. The Morgan fingerprint density at radius 1 is 0.266 bits per heavy atom. The highest BCUT2D eigenvalue weighted by molar-refractivity contribution is 7.27. The lowest BCUT2D eigenvalue weighted by atomic mass is 9.97. The average Bonchev–Trinajstić information content (AvgIpc) is 4.06. The normalized spacial score (nSPS) is 11.8. The minimum atomic E-state index is 1.14. The van der Waals surface area contributed by atoms with E-state index in [0.717, 1.165) is 5.69 Å². The Bertz CT molecular complexity index is 3880. The lowest BCUT2D eigenvalue weighted by molar-refractivity contribution is 1.33. The van der Waals surface area contributed by atoms with Crippen LogP contribution in [0.15, 0.2) is 224 Å². The van der Waals surface area contributed by atoms with Crippen LogP contribution in [-0.4, -0.2) is 0 Å². The van der Waals surface area contributed by atoms with Gasteiger partial charge in [-0.2, -0.15) is 0 Å². The molecule has 0 spiro atoms. The van der Waals surface area contributed by atoms with E-state index >= 15 is 0 Å². The Labute approximate surface area is 383 Å². The quantitative estimate of drug-likeness (QED) is 0.154. The molecule has 64 heavy (non-hydrogen) atoms. The molecule has 10 aromatic carbocycles. The van der Waals surface area contributed by atoms with Gasteiger partial charge in [-0.25, -0.2) is 0 Å². The van der Waals surface area contributed by atoms with Gasteiger partial charge >= 0.3 is 0 Å². The second-order valence-electron chi connectivity index (χ2n) is 16.4. The van der Waals surface area contributed by atoms with Gasteiger partial charge in [-0.15, -0.1) is 34.0 Å². The monoisotopic (exact) mass is 867 g/mol. The zero-order valence-electron chi connectivity index (χ0n) is 34.5. The van der Waals surface area contributed by atoms with Crippen LogP contribution in [0.25, 0.3) is 105 Å². The van der Waals surface area contributed by atoms with Crippen molar-refractivity contribution in [2.24, 2.45) is 0 Å². The summed E-state index contributed by atoms with van der Waals surface area (Å²) in [6.07, 6.45) is 0. The van der Waals surface area contributed by atoms with Crippen molar-refractivity contribution in [3.8, 4) is 44.5 Å². The molecule has 13 aromatic rings. The maximum Gasteiger partial charge on any atom is 0.0561 e. The molecule has 0 amide bonds. The van der Waals surface area contributed by atoms with Crippen molar-refractivity contribution in [1.29, 1.82) is 0 Å². The molecule has 1 nitrogen and oxygen atoms in total. The van der Waals surface area contributed by atoms with Crippen LogP contribution >= 0.6 is 34.0 Å². The van der Waals surface area contributed by atoms with Crippen LogP contribution in [0.2, 0.25) is 0 Å². The summed E-state index contributed by atoms with van der Waals surface area (Å²) in [5.41, 5.74) is 13.3. The molecule has 0 atom stereocenters. The Morgan fingerprint density at radius 2 is 0.797 bits per heavy atom. The highest BCUT2D eigenvalue weighted by Crippen LogP contribution is 2.53. The van der Waals surface area contributed by atoms with E-state index < -0.39 is 0 Å². The van der Waals surface area contributed by atoms with Gasteiger partial charge in [0.2, 0.25) is 0 Å². The first kappa shape index (κ1) is 37.2. The maximum absolute atomic E-state index is 2.59. The van der Waals surface area contributed by atoms with Crippen molar-refractivity contribution < 1.29 is 0 Å².